The molecule has 8 nitrogen and oxygen atoms in total. The van der Waals surface area contributed by atoms with Crippen molar-refractivity contribution in [3.63, 3.8) is 0 Å². The molecule has 1 aliphatic heterocycles. The molecule has 8 heteroatoms. The predicted octanol–water partition coefficient (Wildman–Crippen LogP) is 5.64. The van der Waals surface area contributed by atoms with E-state index in [0.29, 0.717) is 26.3 Å². The molecule has 3 N–H and O–H groups in total. The van der Waals surface area contributed by atoms with Gasteiger partial charge in [-0.3, -0.25) is 20.0 Å². The molecule has 5 aromatic carbocycles. The summed E-state index contributed by atoms with van der Waals surface area (Å²) in [4.78, 5) is 17.2. The minimum Gasteiger partial charge on any atom is -0.508 e. The number of piperazine rings is 1. The van der Waals surface area contributed by atoms with E-state index in [1.807, 2.05) is 72.8 Å². The Balaban J connectivity index is 0.990. The summed E-state index contributed by atoms with van der Waals surface area (Å²) >= 11 is 0. The Morgan fingerprint density at radius 1 is 0.674 bits per heavy atom. The molecule has 0 aliphatic carbocycles. The molecule has 0 aromatic heterocycles. The van der Waals surface area contributed by atoms with Crippen LogP contribution >= 0.6 is 0 Å². The Bertz CT molecular complexity index is 1720. The van der Waals surface area contributed by atoms with Crippen molar-refractivity contribution < 1.29 is 19.4 Å². The number of aromatic hydroxyl groups is 1. The van der Waals surface area contributed by atoms with E-state index in [2.05, 4.69) is 57.0 Å². The number of carbonyl (C=O) groups is 1. The van der Waals surface area contributed by atoms with Crippen LogP contribution in [0.3, 0.4) is 0 Å². The van der Waals surface area contributed by atoms with Crippen molar-refractivity contribution in [2.45, 2.75) is 26.3 Å². The second-order valence-electron chi connectivity index (χ2n) is 11.6. The molecule has 236 valence electrons. The van der Waals surface area contributed by atoms with Gasteiger partial charge in [-0.25, -0.2) is 5.43 Å². The molecule has 1 fully saturated rings. The highest BCUT2D eigenvalue weighted by Crippen LogP contribution is 2.31. The highest BCUT2D eigenvalue weighted by molar-refractivity contribution is 5.87. The van der Waals surface area contributed by atoms with E-state index in [0.717, 1.165) is 77.2 Å². The zero-order valence-electron chi connectivity index (χ0n) is 25.9. The maximum absolute atomic E-state index is 12.7. The van der Waals surface area contributed by atoms with E-state index < -0.39 is 0 Å². The van der Waals surface area contributed by atoms with Crippen LogP contribution in [-0.2, 0) is 31.1 Å². The summed E-state index contributed by atoms with van der Waals surface area (Å²) < 4.78 is 12.5. The maximum atomic E-state index is 12.7. The number of hydrogen-bond donors (Lipinski definition) is 3. The van der Waals surface area contributed by atoms with E-state index >= 15 is 0 Å². The second kappa shape index (κ2) is 15.4. The first-order chi connectivity index (χ1) is 22.6. The van der Waals surface area contributed by atoms with Crippen molar-refractivity contribution in [1.82, 2.24) is 20.7 Å². The molecule has 1 saturated heterocycles. The number of nitrogens with one attached hydrogen (secondary N) is 2. The zero-order valence-corrected chi connectivity index (χ0v) is 25.9. The number of fused-ring (bicyclic) bond motifs is 1. The van der Waals surface area contributed by atoms with E-state index in [1.165, 1.54) is 0 Å². The standard InChI is InChI=1S/C38H40N4O4/c43-35-17-16-32-13-7-8-14-33(32)34(35)24-39-40-38(44)26-42-21-19-41(20-22-42)25-31-15-18-36(45-27-29-9-3-1-4-10-29)37(23-31)46-28-30-11-5-2-6-12-30/h1-18,23,39,43H,19-22,24-28H2,(H,40,44). The first kappa shape index (κ1) is 31.1. The molecule has 0 radical (unpaired) electrons. The Hall–Kier alpha value is -4.89. The normalized spacial score (nSPS) is 13.8. The van der Waals surface area contributed by atoms with E-state index in [4.69, 9.17) is 9.47 Å². The lowest BCUT2D eigenvalue weighted by atomic mass is 10.0. The van der Waals surface area contributed by atoms with Gasteiger partial charge in [-0.05, 0) is 45.7 Å². The number of amides is 1. The van der Waals surface area contributed by atoms with Crippen molar-refractivity contribution in [2.75, 3.05) is 32.7 Å². The van der Waals surface area contributed by atoms with Crippen LogP contribution in [-0.4, -0.2) is 53.5 Å². The zero-order chi connectivity index (χ0) is 31.6. The summed E-state index contributed by atoms with van der Waals surface area (Å²) in [6.45, 7) is 5.68. The van der Waals surface area contributed by atoms with E-state index in [1.54, 1.807) is 6.07 Å². The van der Waals surface area contributed by atoms with Crippen LogP contribution in [0.4, 0.5) is 0 Å². The van der Waals surface area contributed by atoms with Crippen LogP contribution in [0.2, 0.25) is 0 Å². The summed E-state index contributed by atoms with van der Waals surface area (Å²) in [5.74, 6) is 1.57. The minimum atomic E-state index is -0.0977. The van der Waals surface area contributed by atoms with Crippen LogP contribution in [0.5, 0.6) is 17.2 Å². The number of phenolic OH excluding ortho intramolecular Hbond substituents is 1. The fourth-order valence-electron chi connectivity index (χ4n) is 5.70. The third-order valence-electron chi connectivity index (χ3n) is 8.23. The topological polar surface area (TPSA) is 86.3 Å². The number of ether oxygens (including phenoxy) is 2. The van der Waals surface area contributed by atoms with Crippen molar-refractivity contribution in [3.8, 4) is 17.2 Å². The molecule has 1 amide bonds. The quantitative estimate of drug-likeness (QED) is 0.148. The molecular formula is C38H40N4O4. The van der Waals surface area contributed by atoms with Gasteiger partial charge in [-0.1, -0.05) is 97.1 Å². The largest absolute Gasteiger partial charge is 0.508 e. The van der Waals surface area contributed by atoms with Crippen LogP contribution < -0.4 is 20.3 Å². The average Bonchev–Trinajstić information content (AvgIpc) is 3.09. The number of rotatable bonds is 13. The predicted molar refractivity (Wildman–Crippen MR) is 180 cm³/mol. The van der Waals surface area contributed by atoms with Crippen molar-refractivity contribution in [1.29, 1.82) is 0 Å². The number of hydrogen-bond acceptors (Lipinski definition) is 7. The molecule has 6 rings (SSSR count). The van der Waals surface area contributed by atoms with Gasteiger partial charge >= 0.3 is 0 Å². The lowest BCUT2D eigenvalue weighted by Gasteiger charge is -2.34. The van der Waals surface area contributed by atoms with Crippen molar-refractivity contribution in [3.05, 3.63) is 138 Å². The number of carbonyl (C=O) groups excluding carboxylic acids is 1. The highest BCUT2D eigenvalue weighted by atomic mass is 16.5. The molecule has 0 bridgehead atoms. The molecule has 0 spiro atoms. The third-order valence-corrected chi connectivity index (χ3v) is 8.23. The van der Waals surface area contributed by atoms with Gasteiger partial charge in [-0.15, -0.1) is 0 Å². The molecule has 0 unspecified atom stereocenters. The van der Waals surface area contributed by atoms with Crippen molar-refractivity contribution >= 4 is 16.7 Å². The Kier molecular flexibility index (Phi) is 10.4. The first-order valence-corrected chi connectivity index (χ1v) is 15.7. The molecule has 46 heavy (non-hydrogen) atoms. The van der Waals surface area contributed by atoms with Gasteiger partial charge in [0, 0.05) is 44.8 Å². The summed E-state index contributed by atoms with van der Waals surface area (Å²) in [5, 5.41) is 12.4. The average molecular weight is 617 g/mol. The number of benzene rings is 5. The highest BCUT2D eigenvalue weighted by Gasteiger charge is 2.20. The lowest BCUT2D eigenvalue weighted by Crippen LogP contribution is -2.50. The van der Waals surface area contributed by atoms with E-state index in [-0.39, 0.29) is 11.7 Å². The smallest absolute Gasteiger partial charge is 0.248 e. The van der Waals surface area contributed by atoms with Gasteiger partial charge in [0.1, 0.15) is 19.0 Å². The van der Waals surface area contributed by atoms with Crippen LogP contribution in [0.1, 0.15) is 22.3 Å². The SMILES string of the molecule is O=C(CN1CCN(Cc2ccc(OCc3ccccc3)c(OCc3ccccc3)c2)CC1)NNCc1c(O)ccc2ccccc12. The molecule has 1 heterocycles. The molecule has 0 atom stereocenters. The molecule has 1 aliphatic rings. The van der Waals surface area contributed by atoms with Crippen molar-refractivity contribution in [2.24, 2.45) is 0 Å². The van der Waals surface area contributed by atoms with Crippen LogP contribution in [0.25, 0.3) is 10.8 Å². The lowest BCUT2D eigenvalue weighted by molar-refractivity contribution is -0.123. The van der Waals surface area contributed by atoms with Gasteiger partial charge in [0.15, 0.2) is 11.5 Å². The maximum Gasteiger partial charge on any atom is 0.248 e. The third kappa shape index (κ3) is 8.43. The Morgan fingerprint density at radius 2 is 1.30 bits per heavy atom. The fraction of sp³-hybridized carbons (Fsp3) is 0.237. The van der Waals surface area contributed by atoms with Crippen LogP contribution in [0.15, 0.2) is 115 Å². The number of hydrazine groups is 1. The fourth-order valence-corrected chi connectivity index (χ4v) is 5.70. The Morgan fingerprint density at radius 3 is 2.02 bits per heavy atom. The minimum absolute atomic E-state index is 0.0977. The van der Waals surface area contributed by atoms with Gasteiger partial charge < -0.3 is 14.6 Å². The van der Waals surface area contributed by atoms with E-state index in [9.17, 15) is 9.90 Å². The summed E-state index contributed by atoms with van der Waals surface area (Å²) in [6, 6.07) is 37.9. The second-order valence-corrected chi connectivity index (χ2v) is 11.6. The molecular weight excluding hydrogens is 576 g/mol. The first-order valence-electron chi connectivity index (χ1n) is 15.7. The number of nitrogens with zero attached hydrogens (tertiary/aromatic N) is 2. The van der Waals surface area contributed by atoms with Crippen LogP contribution in [0, 0.1) is 0 Å². The summed E-state index contributed by atoms with van der Waals surface area (Å²) in [5.41, 5.74) is 9.91. The molecule has 5 aromatic rings. The monoisotopic (exact) mass is 616 g/mol. The molecule has 0 saturated carbocycles. The summed E-state index contributed by atoms with van der Waals surface area (Å²) in [7, 11) is 0. The Labute approximate surface area is 270 Å². The number of phenols is 1. The van der Waals surface area contributed by atoms with Gasteiger partial charge in [0.2, 0.25) is 5.91 Å². The van der Waals surface area contributed by atoms with Gasteiger partial charge in [0.25, 0.3) is 0 Å². The summed E-state index contributed by atoms with van der Waals surface area (Å²) in [6.07, 6.45) is 0. The van der Waals surface area contributed by atoms with Gasteiger partial charge in [0.05, 0.1) is 6.54 Å². The van der Waals surface area contributed by atoms with Gasteiger partial charge in [-0.2, -0.15) is 0 Å².